The summed E-state index contributed by atoms with van der Waals surface area (Å²) in [7, 11) is 5.53. The first-order chi connectivity index (χ1) is 29.2. The minimum absolute atomic E-state index is 0.157. The SMILES string of the molecule is CCn1c(-c2cccnc2C(C)OC)c(CC(C)(C)COC=O)c2cc(-c3cc(CC(NC(=O)C(C4CCCC4)N(C)C)C(=O)N4CCCCN4)cc(OC(C)=O)c3)ccc21. The van der Waals surface area contributed by atoms with Crippen LogP contribution in [-0.4, -0.2) is 96.7 Å². The molecule has 1 saturated heterocycles. The number of likely N-dealkylation sites (N-methyl/N-ethyl adjacent to an activating group) is 1. The van der Waals surface area contributed by atoms with Crippen LogP contribution in [0.1, 0.15) is 96.1 Å². The van der Waals surface area contributed by atoms with Crippen LogP contribution in [0.4, 0.5) is 0 Å². The van der Waals surface area contributed by atoms with Crippen molar-refractivity contribution in [3.05, 3.63) is 71.5 Å². The van der Waals surface area contributed by atoms with E-state index in [4.69, 9.17) is 19.2 Å². The summed E-state index contributed by atoms with van der Waals surface area (Å²) >= 11 is 0. The molecule has 13 nitrogen and oxygen atoms in total. The number of aromatic nitrogens is 2. The predicted octanol–water partition coefficient (Wildman–Crippen LogP) is 7.04. The fourth-order valence-corrected chi connectivity index (χ4v) is 9.33. The van der Waals surface area contributed by atoms with Crippen LogP contribution >= 0.6 is 0 Å². The molecule has 1 aliphatic heterocycles. The third kappa shape index (κ3) is 10.7. The molecule has 13 heteroatoms. The van der Waals surface area contributed by atoms with Gasteiger partial charge in [0.15, 0.2) is 0 Å². The molecular formula is C48H64N6O7. The number of fused-ring (bicyclic) bond motifs is 1. The van der Waals surface area contributed by atoms with E-state index in [1.807, 2.05) is 44.1 Å². The number of esters is 1. The van der Waals surface area contributed by atoms with Gasteiger partial charge in [0.05, 0.1) is 30.1 Å². The van der Waals surface area contributed by atoms with Crippen molar-refractivity contribution >= 4 is 35.2 Å². The summed E-state index contributed by atoms with van der Waals surface area (Å²) in [6.45, 7) is 12.3. The first kappa shape index (κ1) is 45.4. The molecule has 1 saturated carbocycles. The number of benzene rings is 2. The molecule has 2 aliphatic rings. The van der Waals surface area contributed by atoms with Gasteiger partial charge in [-0.3, -0.25) is 34.1 Å². The molecule has 2 fully saturated rings. The van der Waals surface area contributed by atoms with Crippen LogP contribution in [-0.2, 0) is 48.0 Å². The van der Waals surface area contributed by atoms with Gasteiger partial charge < -0.3 is 24.1 Å². The molecule has 2 amide bonds. The molecule has 0 bridgehead atoms. The van der Waals surface area contributed by atoms with Gasteiger partial charge in [0.2, 0.25) is 5.91 Å². The van der Waals surface area contributed by atoms with E-state index in [9.17, 15) is 19.2 Å². The number of pyridine rings is 1. The third-order valence-corrected chi connectivity index (χ3v) is 12.2. The molecule has 3 unspecified atom stereocenters. The van der Waals surface area contributed by atoms with Crippen molar-refractivity contribution in [2.24, 2.45) is 11.3 Å². The number of rotatable bonds is 18. The van der Waals surface area contributed by atoms with E-state index in [1.54, 1.807) is 24.4 Å². The van der Waals surface area contributed by atoms with Gasteiger partial charge in [-0.05, 0) is 125 Å². The molecule has 0 radical (unpaired) electrons. The molecule has 0 spiro atoms. The van der Waals surface area contributed by atoms with Gasteiger partial charge in [0.25, 0.3) is 12.4 Å². The smallest absolute Gasteiger partial charge is 0.308 e. The summed E-state index contributed by atoms with van der Waals surface area (Å²) in [5.41, 5.74) is 10.1. The summed E-state index contributed by atoms with van der Waals surface area (Å²) in [4.78, 5) is 59.0. The second kappa shape index (κ2) is 20.2. The second-order valence-electron chi connectivity index (χ2n) is 17.6. The highest BCUT2D eigenvalue weighted by Crippen LogP contribution is 2.42. The fourth-order valence-electron chi connectivity index (χ4n) is 9.33. The first-order valence-corrected chi connectivity index (χ1v) is 21.8. The van der Waals surface area contributed by atoms with Crippen LogP contribution in [0.3, 0.4) is 0 Å². The maximum atomic E-state index is 14.3. The third-order valence-electron chi connectivity index (χ3n) is 12.2. The Kier molecular flexibility index (Phi) is 15.0. The van der Waals surface area contributed by atoms with Gasteiger partial charge in [0.1, 0.15) is 11.8 Å². The van der Waals surface area contributed by atoms with Crippen LogP contribution in [0, 0.1) is 11.3 Å². The maximum Gasteiger partial charge on any atom is 0.308 e. The Balaban J connectivity index is 1.47. The van der Waals surface area contributed by atoms with E-state index in [1.165, 1.54) is 6.92 Å². The largest absolute Gasteiger partial charge is 0.467 e. The summed E-state index contributed by atoms with van der Waals surface area (Å²) in [5, 5.41) is 5.85. The second-order valence-corrected chi connectivity index (χ2v) is 17.6. The molecule has 6 rings (SSSR count). The highest BCUT2D eigenvalue weighted by atomic mass is 16.5. The Labute approximate surface area is 360 Å². The monoisotopic (exact) mass is 836 g/mol. The average molecular weight is 837 g/mol. The van der Waals surface area contributed by atoms with Crippen molar-refractivity contribution in [3.8, 4) is 28.1 Å². The first-order valence-electron chi connectivity index (χ1n) is 21.8. The lowest BCUT2D eigenvalue weighted by molar-refractivity contribution is -0.141. The quantitative estimate of drug-likeness (QED) is 0.0609. The van der Waals surface area contributed by atoms with Gasteiger partial charge in [-0.15, -0.1) is 0 Å². The van der Waals surface area contributed by atoms with Crippen molar-refractivity contribution < 1.29 is 33.4 Å². The molecule has 2 aromatic carbocycles. The zero-order valence-corrected chi connectivity index (χ0v) is 37.2. The zero-order valence-electron chi connectivity index (χ0n) is 37.2. The number of nitrogens with one attached hydrogen (secondary N) is 2. The molecular weight excluding hydrogens is 773 g/mol. The normalized spacial score (nSPS) is 16.4. The molecule has 2 aromatic heterocycles. The van der Waals surface area contributed by atoms with Crippen LogP contribution < -0.4 is 15.5 Å². The van der Waals surface area contributed by atoms with Crippen molar-refractivity contribution in [3.63, 3.8) is 0 Å². The number of ether oxygens (including phenoxy) is 3. The number of methoxy groups -OCH3 is 1. The van der Waals surface area contributed by atoms with E-state index < -0.39 is 17.4 Å². The maximum absolute atomic E-state index is 14.3. The lowest BCUT2D eigenvalue weighted by atomic mass is 9.84. The number of hydrazine groups is 1. The van der Waals surface area contributed by atoms with Crippen LogP contribution in [0.15, 0.2) is 54.7 Å². The number of amides is 2. The minimum atomic E-state index is -0.864. The van der Waals surface area contributed by atoms with E-state index in [0.29, 0.717) is 38.3 Å². The Morgan fingerprint density at radius 2 is 1.82 bits per heavy atom. The standard InChI is InChI=1S/C48H64N6O7/c1-9-53-42-19-18-35(27-39(42)40(28-48(4,5)29-60-30-55)45(53)38-17-14-20-49-43(38)31(2)59-8)36-23-33(24-37(26-36)61-32(3)56)25-41(47(58)54-22-13-12-21-50-54)51-46(57)44(52(6)7)34-15-10-11-16-34/h14,17-20,23-24,26-27,30-31,34,41,44,50H,9-13,15-16,21-22,25,28-29H2,1-8H3,(H,51,57). The van der Waals surface area contributed by atoms with Gasteiger partial charge in [-0.1, -0.05) is 38.8 Å². The Bertz CT molecular complexity index is 2190. The fraction of sp³-hybridized carbons (Fsp3) is 0.521. The van der Waals surface area contributed by atoms with Crippen molar-refractivity contribution in [1.82, 2.24) is 30.2 Å². The Morgan fingerprint density at radius 1 is 1.05 bits per heavy atom. The zero-order chi connectivity index (χ0) is 43.8. The number of aryl methyl sites for hydroxylation is 1. The number of nitrogens with zero attached hydrogens (tertiary/aromatic N) is 4. The molecule has 2 N–H and O–H groups in total. The summed E-state index contributed by atoms with van der Waals surface area (Å²) in [6.07, 6.45) is 8.26. The highest BCUT2D eigenvalue weighted by Gasteiger charge is 2.36. The number of carbonyl (C=O) groups is 4. The van der Waals surface area contributed by atoms with Gasteiger partial charge >= 0.3 is 5.97 Å². The molecule has 1 aliphatic carbocycles. The van der Waals surface area contributed by atoms with E-state index in [0.717, 1.165) is 88.6 Å². The number of hydrogen-bond acceptors (Lipinski definition) is 10. The summed E-state index contributed by atoms with van der Waals surface area (Å²) < 4.78 is 19.2. The average Bonchev–Trinajstić information content (AvgIpc) is 3.87. The molecule has 3 heterocycles. The molecule has 4 aromatic rings. The Hall–Kier alpha value is -5.11. The number of hydrogen-bond donors (Lipinski definition) is 2. The molecule has 328 valence electrons. The van der Waals surface area contributed by atoms with Crippen molar-refractivity contribution in [2.45, 2.75) is 111 Å². The van der Waals surface area contributed by atoms with E-state index in [2.05, 4.69) is 60.3 Å². The van der Waals surface area contributed by atoms with Crippen LogP contribution in [0.2, 0.25) is 0 Å². The van der Waals surface area contributed by atoms with Crippen molar-refractivity contribution in [2.75, 3.05) is 40.9 Å². The Morgan fingerprint density at radius 3 is 2.48 bits per heavy atom. The van der Waals surface area contributed by atoms with Crippen LogP contribution in [0.5, 0.6) is 5.75 Å². The summed E-state index contributed by atoms with van der Waals surface area (Å²) in [6, 6.07) is 14.8. The van der Waals surface area contributed by atoms with Gasteiger partial charge in [-0.2, -0.15) is 0 Å². The van der Waals surface area contributed by atoms with E-state index >= 15 is 0 Å². The highest BCUT2D eigenvalue weighted by molar-refractivity contribution is 5.95. The number of carbonyl (C=O) groups excluding carboxylic acids is 4. The topological polar surface area (TPSA) is 144 Å². The lowest BCUT2D eigenvalue weighted by Gasteiger charge is -2.34. The molecule has 3 atom stereocenters. The summed E-state index contributed by atoms with van der Waals surface area (Å²) in [5.74, 6) is -0.257. The minimum Gasteiger partial charge on any atom is -0.467 e. The van der Waals surface area contributed by atoms with Crippen LogP contribution in [0.25, 0.3) is 33.3 Å². The van der Waals surface area contributed by atoms with Crippen molar-refractivity contribution in [1.29, 1.82) is 0 Å². The molecule has 61 heavy (non-hydrogen) atoms. The predicted molar refractivity (Wildman–Crippen MR) is 237 cm³/mol. The van der Waals surface area contributed by atoms with E-state index in [-0.39, 0.29) is 42.9 Å². The van der Waals surface area contributed by atoms with Gasteiger partial charge in [0, 0.05) is 68.2 Å². The lowest BCUT2D eigenvalue weighted by Crippen LogP contribution is -2.58. The van der Waals surface area contributed by atoms with Gasteiger partial charge in [-0.25, -0.2) is 5.43 Å².